The summed E-state index contributed by atoms with van der Waals surface area (Å²) in [5.41, 5.74) is -4.49. The summed E-state index contributed by atoms with van der Waals surface area (Å²) >= 11 is 0. The minimum Gasteiger partial charge on any atom is -0.459 e. The van der Waals surface area contributed by atoms with Crippen molar-refractivity contribution in [3.63, 3.8) is 0 Å². The molecule has 57 heavy (non-hydrogen) atoms. The van der Waals surface area contributed by atoms with Gasteiger partial charge in [-0.3, -0.25) is 14.5 Å². The fourth-order valence-electron chi connectivity index (χ4n) is 9.24. The number of aliphatic hydroxyl groups excluding tert-OH is 2. The van der Waals surface area contributed by atoms with Gasteiger partial charge in [0.05, 0.1) is 48.0 Å². The quantitative estimate of drug-likeness (QED) is 0.186. The van der Waals surface area contributed by atoms with Crippen molar-refractivity contribution in [1.29, 1.82) is 0 Å². The first-order chi connectivity index (χ1) is 26.3. The number of nitrogens with zero attached hydrogens (tertiary/aromatic N) is 2. The van der Waals surface area contributed by atoms with E-state index in [-0.39, 0.29) is 43.7 Å². The molecular formula is C42H76N2O13. The van der Waals surface area contributed by atoms with E-state index in [1.807, 2.05) is 58.6 Å². The molecule has 3 saturated heterocycles. The highest BCUT2D eigenvalue weighted by atomic mass is 16.7. The first kappa shape index (κ1) is 49.6. The van der Waals surface area contributed by atoms with Gasteiger partial charge in [-0.2, -0.15) is 0 Å². The normalized spacial score (nSPS) is 46.1. The Kier molecular flexibility index (Phi) is 17.6. The molecule has 0 aliphatic carbocycles. The van der Waals surface area contributed by atoms with Crippen LogP contribution in [0.15, 0.2) is 12.7 Å². The Bertz CT molecular complexity index is 1320. The van der Waals surface area contributed by atoms with Gasteiger partial charge in [0.2, 0.25) is 0 Å². The van der Waals surface area contributed by atoms with Gasteiger partial charge in [-0.25, -0.2) is 0 Å². The van der Waals surface area contributed by atoms with E-state index in [4.69, 9.17) is 33.2 Å². The molecule has 3 aliphatic rings. The van der Waals surface area contributed by atoms with Gasteiger partial charge in [-0.15, -0.1) is 6.58 Å². The Morgan fingerprint density at radius 1 is 1.02 bits per heavy atom. The lowest BCUT2D eigenvalue weighted by Crippen LogP contribution is -2.60. The van der Waals surface area contributed by atoms with Crippen LogP contribution in [0.4, 0.5) is 0 Å². The molecule has 3 aliphatic heterocycles. The number of hydrogen-bond donors (Lipinski definition) is 4. The zero-order valence-electron chi connectivity index (χ0n) is 37.0. The third-order valence-electron chi connectivity index (χ3n) is 12.7. The summed E-state index contributed by atoms with van der Waals surface area (Å²) in [6.45, 7) is 21.6. The molecule has 4 N–H and O–H groups in total. The molecule has 332 valence electrons. The van der Waals surface area contributed by atoms with Gasteiger partial charge in [0.25, 0.3) is 0 Å². The number of carbonyl (C=O) groups excluding carboxylic acids is 2. The van der Waals surface area contributed by atoms with Crippen LogP contribution in [-0.2, 0) is 42.7 Å². The smallest absolute Gasteiger partial charge is 0.311 e. The number of methoxy groups -OCH3 is 1. The highest BCUT2D eigenvalue weighted by Crippen LogP contribution is 2.40. The van der Waals surface area contributed by atoms with Gasteiger partial charge in [-0.1, -0.05) is 26.8 Å². The second kappa shape index (κ2) is 20.2. The minimum atomic E-state index is -1.84. The van der Waals surface area contributed by atoms with Crippen LogP contribution in [0, 0.1) is 17.8 Å². The van der Waals surface area contributed by atoms with E-state index in [0.29, 0.717) is 13.0 Å². The summed E-state index contributed by atoms with van der Waals surface area (Å²) in [7, 11) is 7.11. The number of rotatable bonds is 10. The molecule has 15 nitrogen and oxygen atoms in total. The average molecular weight is 817 g/mol. The number of hydrogen-bond acceptors (Lipinski definition) is 15. The van der Waals surface area contributed by atoms with Gasteiger partial charge < -0.3 is 58.5 Å². The minimum absolute atomic E-state index is 0.0807. The van der Waals surface area contributed by atoms with Crippen molar-refractivity contribution in [2.24, 2.45) is 17.8 Å². The summed E-state index contributed by atoms with van der Waals surface area (Å²) in [5, 5.41) is 47.5. The monoisotopic (exact) mass is 817 g/mol. The maximum atomic E-state index is 14.5. The van der Waals surface area contributed by atoms with Gasteiger partial charge in [0, 0.05) is 38.1 Å². The molecule has 0 amide bonds. The zero-order valence-corrected chi connectivity index (χ0v) is 37.0. The van der Waals surface area contributed by atoms with Crippen molar-refractivity contribution >= 4 is 11.9 Å². The van der Waals surface area contributed by atoms with Crippen LogP contribution < -0.4 is 0 Å². The molecule has 0 radical (unpaired) electrons. The maximum Gasteiger partial charge on any atom is 0.311 e. The molecule has 0 bridgehead atoms. The van der Waals surface area contributed by atoms with Gasteiger partial charge in [0.15, 0.2) is 12.6 Å². The summed E-state index contributed by atoms with van der Waals surface area (Å²) in [6, 6.07) is -0.858. The number of carbonyl (C=O) groups is 2. The van der Waals surface area contributed by atoms with Crippen LogP contribution in [0.25, 0.3) is 0 Å². The lowest BCUT2D eigenvalue weighted by atomic mass is 9.77. The average Bonchev–Trinajstić information content (AvgIpc) is 3.12. The number of esters is 2. The van der Waals surface area contributed by atoms with Crippen LogP contribution >= 0.6 is 0 Å². The van der Waals surface area contributed by atoms with Crippen LogP contribution in [0.3, 0.4) is 0 Å². The van der Waals surface area contributed by atoms with Crippen molar-refractivity contribution in [1.82, 2.24) is 9.80 Å². The number of cyclic esters (lactones) is 1. The Morgan fingerprint density at radius 3 is 2.21 bits per heavy atom. The molecule has 18 atom stereocenters. The van der Waals surface area contributed by atoms with E-state index in [1.54, 1.807) is 34.6 Å². The van der Waals surface area contributed by atoms with E-state index in [9.17, 15) is 30.0 Å². The van der Waals surface area contributed by atoms with E-state index in [0.717, 1.165) is 0 Å². The van der Waals surface area contributed by atoms with Crippen LogP contribution in [0.1, 0.15) is 101 Å². The topological polar surface area (TPSA) is 186 Å². The molecular weight excluding hydrogens is 740 g/mol. The van der Waals surface area contributed by atoms with E-state index in [1.165, 1.54) is 20.1 Å². The highest BCUT2D eigenvalue weighted by molar-refractivity contribution is 5.73. The fourth-order valence-corrected chi connectivity index (χ4v) is 9.24. The summed E-state index contributed by atoms with van der Waals surface area (Å²) in [6.07, 6.45) is -7.10. The lowest BCUT2D eigenvalue weighted by molar-refractivity contribution is -0.318. The molecule has 0 spiro atoms. The molecule has 0 aromatic heterocycles. The standard InChI is InChI=1S/C42H76N2O13/c1-16-18-31(45)55-37-27(7)44(14)22-23(3)20-40(9,49)36(57-39-33(46)29(43(12)13)19-24(4)52-39)25(5)34(26(6)38(48)54-30(17-2)42(37,11)50)56-32-21-41(10,51-15)35(47)28(8)53-32/h16,23-30,32-37,39,46-47,49-50H,1,17-22H2,2-15H3/t23-,24-,25+,26-,27+,28+,29+,30+,32+,33-,34+,35+,36-,37-,39+,40+,41-,42-/m1/s1. The maximum absolute atomic E-state index is 14.5. The SMILES string of the molecule is C=CCC(=O)O[C@@H]1[C@H](C)N(C)C[C@H](C)C[C@](C)(O)[C@H](O[C@@H]2O[C@H](C)C[C@H](N(C)C)[C@H]2O)[C@@H](C)[C@H](O[C@H]2C[C@@](C)(OC)[C@@H](O)[C@H](C)O2)[C@@H](C)C(=O)O[C@@H](CC)[C@@]1(C)O. The van der Waals surface area contributed by atoms with Crippen LogP contribution in [-0.4, -0.2) is 167 Å². The van der Waals surface area contributed by atoms with E-state index in [2.05, 4.69) is 6.58 Å². The van der Waals surface area contributed by atoms with Crippen molar-refractivity contribution in [2.45, 2.75) is 192 Å². The van der Waals surface area contributed by atoms with Crippen molar-refractivity contribution < 1.29 is 63.2 Å². The van der Waals surface area contributed by atoms with Crippen molar-refractivity contribution in [3.8, 4) is 0 Å². The molecule has 0 saturated carbocycles. The molecule has 0 unspecified atom stereocenters. The molecule has 3 heterocycles. The van der Waals surface area contributed by atoms with E-state index < -0.39 is 102 Å². The summed E-state index contributed by atoms with van der Waals surface area (Å²) < 4.78 is 43.8. The Labute approximate surface area is 341 Å². The molecule has 3 rings (SSSR count). The zero-order chi connectivity index (χ0) is 43.4. The van der Waals surface area contributed by atoms with Gasteiger partial charge in [-0.05, 0) is 94.8 Å². The van der Waals surface area contributed by atoms with Gasteiger partial charge in [0.1, 0.15) is 30.0 Å². The molecule has 15 heteroatoms. The third kappa shape index (κ3) is 11.7. The summed E-state index contributed by atoms with van der Waals surface area (Å²) in [5.74, 6) is -3.34. The number of ether oxygens (including phenoxy) is 7. The fraction of sp³-hybridized carbons (Fsp3) is 0.905. The Morgan fingerprint density at radius 2 is 1.65 bits per heavy atom. The highest BCUT2D eigenvalue weighted by Gasteiger charge is 2.53. The van der Waals surface area contributed by atoms with Crippen LogP contribution in [0.5, 0.6) is 0 Å². The molecule has 3 fully saturated rings. The van der Waals surface area contributed by atoms with E-state index >= 15 is 0 Å². The number of aliphatic hydroxyl groups is 4. The van der Waals surface area contributed by atoms with Crippen LogP contribution in [0.2, 0.25) is 0 Å². The Hall–Kier alpha value is -1.76. The molecule has 0 aromatic rings. The molecule has 0 aromatic carbocycles. The Balaban J connectivity index is 2.22. The number of likely N-dealkylation sites (N-methyl/N-ethyl adjacent to an activating group) is 2. The first-order valence-electron chi connectivity index (χ1n) is 20.7. The second-order valence-corrected chi connectivity index (χ2v) is 18.1. The van der Waals surface area contributed by atoms with Crippen molar-refractivity contribution in [3.05, 3.63) is 12.7 Å². The largest absolute Gasteiger partial charge is 0.459 e. The first-order valence-corrected chi connectivity index (χ1v) is 20.7. The second-order valence-electron chi connectivity index (χ2n) is 18.1. The summed E-state index contributed by atoms with van der Waals surface area (Å²) in [4.78, 5) is 31.3. The van der Waals surface area contributed by atoms with Crippen molar-refractivity contribution in [2.75, 3.05) is 34.8 Å². The van der Waals surface area contributed by atoms with Gasteiger partial charge >= 0.3 is 11.9 Å². The predicted octanol–water partition coefficient (Wildman–Crippen LogP) is 3.03. The third-order valence-corrected chi connectivity index (χ3v) is 12.7. The lowest BCUT2D eigenvalue weighted by Gasteiger charge is -2.48. The predicted molar refractivity (Wildman–Crippen MR) is 213 cm³/mol.